The third-order valence-electron chi connectivity index (χ3n) is 8.18. The average molecular weight is 490 g/mol. The zero-order valence-corrected chi connectivity index (χ0v) is 21.9. The van der Waals surface area contributed by atoms with Gasteiger partial charge in [0.2, 0.25) is 17.6 Å². The van der Waals surface area contributed by atoms with Gasteiger partial charge < -0.3 is 19.4 Å². The molecule has 2 fully saturated rings. The second-order valence-corrected chi connectivity index (χ2v) is 11.4. The van der Waals surface area contributed by atoms with Gasteiger partial charge in [0.05, 0.1) is 0 Å². The number of hydrogen-bond acceptors (Lipinski definition) is 7. The summed E-state index contributed by atoms with van der Waals surface area (Å²) in [5.74, 6) is 1.05. The molecule has 8 nitrogen and oxygen atoms in total. The highest BCUT2D eigenvalue weighted by Crippen LogP contribution is 2.50. The first kappa shape index (κ1) is 24.6. The summed E-state index contributed by atoms with van der Waals surface area (Å²) in [6.07, 6.45) is 4.02. The summed E-state index contributed by atoms with van der Waals surface area (Å²) in [7, 11) is 3.84. The standard InChI is InChI=1S/C28H35N5O3/c1-18(2)19-7-9-21(10-8-19)28(35,26(3)16-32(5)17-26)22-13-20(14-29-15-22)23-30-24(36-31-23)27(4)11-12-33(6)25(27)34/h7-10,13-15,18,35H,11-12,16-17H2,1-6H3/t27?,28-/m0/s1. The number of amides is 1. The SMILES string of the molecule is CC(C)c1ccc([C@](O)(c2cncc(-c3noc(C4(C)CCN(C)C4=O)n3)c2)C2(C)CN(C)C2)cc1. The van der Waals surface area contributed by atoms with Crippen LogP contribution in [0.3, 0.4) is 0 Å². The predicted molar refractivity (Wildman–Crippen MR) is 136 cm³/mol. The van der Waals surface area contributed by atoms with Gasteiger partial charge in [-0.2, -0.15) is 4.98 Å². The summed E-state index contributed by atoms with van der Waals surface area (Å²) in [5, 5.41) is 16.6. The third-order valence-corrected chi connectivity index (χ3v) is 8.18. The third kappa shape index (κ3) is 3.66. The fourth-order valence-corrected chi connectivity index (χ4v) is 5.89. The van der Waals surface area contributed by atoms with Crippen molar-refractivity contribution >= 4 is 5.91 Å². The van der Waals surface area contributed by atoms with Crippen molar-refractivity contribution in [2.45, 2.75) is 51.0 Å². The number of carbonyl (C=O) groups is 1. The minimum Gasteiger partial charge on any atom is -0.380 e. The quantitative estimate of drug-likeness (QED) is 0.566. The number of carbonyl (C=O) groups excluding carboxylic acids is 1. The van der Waals surface area contributed by atoms with E-state index < -0.39 is 16.4 Å². The van der Waals surface area contributed by atoms with Gasteiger partial charge in [-0.3, -0.25) is 9.78 Å². The lowest BCUT2D eigenvalue weighted by Gasteiger charge is -2.55. The summed E-state index contributed by atoms with van der Waals surface area (Å²) >= 11 is 0. The average Bonchev–Trinajstić information content (AvgIpc) is 3.45. The Morgan fingerprint density at radius 2 is 1.78 bits per heavy atom. The molecular weight excluding hydrogens is 454 g/mol. The molecule has 4 heterocycles. The van der Waals surface area contributed by atoms with Crippen LogP contribution < -0.4 is 0 Å². The van der Waals surface area contributed by atoms with E-state index in [1.165, 1.54) is 5.56 Å². The highest BCUT2D eigenvalue weighted by atomic mass is 16.5. The first-order valence-electron chi connectivity index (χ1n) is 12.5. The maximum atomic E-state index is 12.7. The molecule has 0 radical (unpaired) electrons. The summed E-state index contributed by atoms with van der Waals surface area (Å²) < 4.78 is 5.58. The Hall–Kier alpha value is -3.10. The van der Waals surface area contributed by atoms with Crippen LogP contribution >= 0.6 is 0 Å². The van der Waals surface area contributed by atoms with Crippen LogP contribution in [-0.2, 0) is 15.8 Å². The van der Waals surface area contributed by atoms with Gasteiger partial charge in [-0.05, 0) is 43.5 Å². The molecule has 0 bridgehead atoms. The molecule has 2 atom stereocenters. The van der Waals surface area contributed by atoms with Crippen LogP contribution in [-0.4, -0.2) is 69.7 Å². The molecule has 0 aliphatic carbocycles. The lowest BCUT2D eigenvalue weighted by Crippen LogP contribution is -2.63. The molecule has 2 aromatic heterocycles. The summed E-state index contributed by atoms with van der Waals surface area (Å²) in [6.45, 7) is 10.4. The number of rotatable bonds is 6. The van der Waals surface area contributed by atoms with E-state index in [-0.39, 0.29) is 5.91 Å². The van der Waals surface area contributed by atoms with Crippen LogP contribution in [0, 0.1) is 5.41 Å². The Balaban J connectivity index is 1.55. The van der Waals surface area contributed by atoms with Crippen molar-refractivity contribution in [3.05, 3.63) is 65.3 Å². The molecule has 190 valence electrons. The lowest BCUT2D eigenvalue weighted by atomic mass is 9.62. The van der Waals surface area contributed by atoms with Gasteiger partial charge in [-0.15, -0.1) is 0 Å². The Morgan fingerprint density at radius 1 is 1.08 bits per heavy atom. The number of likely N-dealkylation sites (tertiary alicyclic amines) is 2. The Morgan fingerprint density at radius 3 is 2.36 bits per heavy atom. The highest BCUT2D eigenvalue weighted by molar-refractivity contribution is 5.88. The number of aliphatic hydroxyl groups is 1. The number of likely N-dealkylation sites (N-methyl/N-ethyl adjacent to an activating group) is 1. The first-order chi connectivity index (χ1) is 17.0. The van der Waals surface area contributed by atoms with Gasteiger partial charge in [0.15, 0.2) is 0 Å². The second kappa shape index (κ2) is 8.49. The lowest BCUT2D eigenvalue weighted by molar-refractivity contribution is -0.131. The van der Waals surface area contributed by atoms with E-state index in [2.05, 4.69) is 60.0 Å². The van der Waals surface area contributed by atoms with Crippen molar-refractivity contribution in [3.8, 4) is 11.4 Å². The van der Waals surface area contributed by atoms with Crippen molar-refractivity contribution in [3.63, 3.8) is 0 Å². The zero-order valence-electron chi connectivity index (χ0n) is 21.9. The van der Waals surface area contributed by atoms with Crippen molar-refractivity contribution < 1.29 is 14.4 Å². The molecule has 2 aliphatic rings. The molecule has 2 saturated heterocycles. The molecule has 1 unspecified atom stereocenters. The minimum absolute atomic E-state index is 0.0224. The summed E-state index contributed by atoms with van der Waals surface area (Å²) in [4.78, 5) is 25.7. The van der Waals surface area contributed by atoms with Crippen LogP contribution in [0.4, 0.5) is 0 Å². The second-order valence-electron chi connectivity index (χ2n) is 11.4. The normalized spacial score (nSPS) is 23.7. The van der Waals surface area contributed by atoms with Gasteiger partial charge in [-0.25, -0.2) is 0 Å². The number of benzene rings is 1. The molecule has 36 heavy (non-hydrogen) atoms. The minimum atomic E-state index is -1.26. The van der Waals surface area contributed by atoms with Crippen molar-refractivity contribution in [2.24, 2.45) is 5.41 Å². The fraction of sp³-hybridized carbons (Fsp3) is 0.500. The Bertz CT molecular complexity index is 1280. The molecular formula is C28H35N5O3. The molecule has 1 amide bonds. The topological polar surface area (TPSA) is 95.6 Å². The van der Waals surface area contributed by atoms with Crippen molar-refractivity contribution in [1.29, 1.82) is 0 Å². The van der Waals surface area contributed by atoms with E-state index in [9.17, 15) is 9.90 Å². The van der Waals surface area contributed by atoms with E-state index in [1.807, 2.05) is 25.1 Å². The van der Waals surface area contributed by atoms with Crippen molar-refractivity contribution in [1.82, 2.24) is 24.9 Å². The van der Waals surface area contributed by atoms with Gasteiger partial charge in [-0.1, -0.05) is 50.2 Å². The summed E-state index contributed by atoms with van der Waals surface area (Å²) in [5.41, 5.74) is 0.888. The van der Waals surface area contributed by atoms with Gasteiger partial charge >= 0.3 is 0 Å². The zero-order chi connectivity index (χ0) is 25.9. The molecule has 0 saturated carbocycles. The number of pyridine rings is 1. The van der Waals surface area contributed by atoms with Crippen molar-refractivity contribution in [2.75, 3.05) is 33.7 Å². The maximum Gasteiger partial charge on any atom is 0.242 e. The van der Waals surface area contributed by atoms with Crippen LogP contribution in [0.25, 0.3) is 11.4 Å². The highest BCUT2D eigenvalue weighted by Gasteiger charge is 2.55. The van der Waals surface area contributed by atoms with E-state index in [0.29, 0.717) is 41.7 Å². The van der Waals surface area contributed by atoms with Crippen LogP contribution in [0.5, 0.6) is 0 Å². The largest absolute Gasteiger partial charge is 0.380 e. The maximum absolute atomic E-state index is 12.7. The molecule has 8 heteroatoms. The van der Waals surface area contributed by atoms with E-state index >= 15 is 0 Å². The first-order valence-corrected chi connectivity index (χ1v) is 12.5. The number of hydrogen-bond donors (Lipinski definition) is 1. The van der Waals surface area contributed by atoms with Crippen LogP contribution in [0.15, 0.2) is 47.2 Å². The van der Waals surface area contributed by atoms with Gasteiger partial charge in [0.1, 0.15) is 11.0 Å². The predicted octanol–water partition coefficient (Wildman–Crippen LogP) is 3.56. The molecule has 0 spiro atoms. The molecule has 1 N–H and O–H groups in total. The number of nitrogens with zero attached hydrogens (tertiary/aromatic N) is 5. The van der Waals surface area contributed by atoms with Crippen LogP contribution in [0.2, 0.25) is 0 Å². The Labute approximate surface area is 212 Å². The Kier molecular flexibility index (Phi) is 5.80. The molecule has 2 aliphatic heterocycles. The summed E-state index contributed by atoms with van der Waals surface area (Å²) in [6, 6.07) is 10.1. The van der Waals surface area contributed by atoms with E-state index in [4.69, 9.17) is 4.52 Å². The monoisotopic (exact) mass is 489 g/mol. The van der Waals surface area contributed by atoms with E-state index in [1.54, 1.807) is 24.3 Å². The smallest absolute Gasteiger partial charge is 0.242 e. The number of aromatic nitrogens is 3. The molecule has 3 aromatic rings. The van der Waals surface area contributed by atoms with Gasteiger partial charge in [0, 0.05) is 55.6 Å². The van der Waals surface area contributed by atoms with E-state index in [0.717, 1.165) is 18.7 Å². The fourth-order valence-electron chi connectivity index (χ4n) is 5.89. The molecule has 1 aromatic carbocycles. The van der Waals surface area contributed by atoms with Gasteiger partial charge in [0.25, 0.3) is 0 Å². The van der Waals surface area contributed by atoms with Crippen LogP contribution in [0.1, 0.15) is 62.6 Å². The molecule has 5 rings (SSSR count).